The van der Waals surface area contributed by atoms with Crippen molar-refractivity contribution in [3.63, 3.8) is 0 Å². The number of phenols is 1. The van der Waals surface area contributed by atoms with Crippen LogP contribution in [0.15, 0.2) is 66.7 Å². The van der Waals surface area contributed by atoms with E-state index in [1.807, 2.05) is 0 Å². The Balaban J connectivity index is 2.33. The molecule has 0 heterocycles. The second-order valence-electron chi connectivity index (χ2n) is 9.36. The zero-order valence-electron chi connectivity index (χ0n) is 20.1. The van der Waals surface area contributed by atoms with Crippen molar-refractivity contribution in [1.82, 2.24) is 4.72 Å². The van der Waals surface area contributed by atoms with Crippen LogP contribution in [0.4, 0.5) is 26.3 Å². The second-order valence-corrected chi connectivity index (χ2v) is 11.3. The monoisotopic (exact) mass is 545 g/mol. The number of aromatic hydroxyl groups is 1. The first kappa shape index (κ1) is 28.5. The van der Waals surface area contributed by atoms with Crippen molar-refractivity contribution in [3.05, 3.63) is 95.1 Å². The van der Waals surface area contributed by atoms with Gasteiger partial charge >= 0.3 is 12.5 Å². The van der Waals surface area contributed by atoms with Crippen LogP contribution in [0.5, 0.6) is 11.5 Å². The summed E-state index contributed by atoms with van der Waals surface area (Å²) in [6, 6.07) is 14.1. The van der Waals surface area contributed by atoms with Crippen molar-refractivity contribution in [2.45, 2.75) is 50.0 Å². The van der Waals surface area contributed by atoms with Gasteiger partial charge < -0.3 is 9.84 Å². The number of hydrogen-bond donors (Lipinski definition) is 2. The summed E-state index contributed by atoms with van der Waals surface area (Å²) in [5.74, 6) is -3.76. The van der Waals surface area contributed by atoms with Gasteiger partial charge in [-0.15, -0.1) is 0 Å². The third-order valence-electron chi connectivity index (χ3n) is 5.45. The fourth-order valence-corrected chi connectivity index (χ4v) is 4.51. The van der Waals surface area contributed by atoms with E-state index in [9.17, 15) is 35.7 Å². The predicted octanol–water partition coefficient (Wildman–Crippen LogP) is 6.45. The molecule has 0 spiro atoms. The number of ether oxygens (including phenoxy) is 1. The van der Waals surface area contributed by atoms with Gasteiger partial charge in [-0.25, -0.2) is 17.7 Å². The normalized spacial score (nSPS) is 14.9. The van der Waals surface area contributed by atoms with E-state index in [2.05, 4.69) is 9.46 Å². The van der Waals surface area contributed by atoms with Gasteiger partial charge in [0.15, 0.2) is 11.6 Å². The van der Waals surface area contributed by atoms with Crippen molar-refractivity contribution in [3.8, 4) is 11.5 Å². The molecule has 0 aliphatic rings. The molecule has 3 aromatic rings. The van der Waals surface area contributed by atoms with Gasteiger partial charge in [-0.1, -0.05) is 36.4 Å². The average Bonchev–Trinajstić information content (AvgIpc) is 2.79. The van der Waals surface area contributed by atoms with Gasteiger partial charge in [0.05, 0.1) is 21.3 Å². The first-order valence-corrected chi connectivity index (χ1v) is 12.2. The fourth-order valence-electron chi connectivity index (χ4n) is 3.58. The summed E-state index contributed by atoms with van der Waals surface area (Å²) in [6.07, 6.45) is -9.21. The summed E-state index contributed by atoms with van der Waals surface area (Å²) in [7, 11) is -1.90. The van der Waals surface area contributed by atoms with Gasteiger partial charge in [-0.3, -0.25) is 0 Å². The smallest absolute Gasteiger partial charge is 0.461 e. The average molecular weight is 546 g/mol. The van der Waals surface area contributed by atoms with Gasteiger partial charge in [0, 0.05) is 6.07 Å². The van der Waals surface area contributed by atoms with E-state index in [0.717, 1.165) is 24.3 Å². The standard InChI is InChI=1S/C26H25F6NO3S/c1-24(2,3)37(35)33-25(15-16-7-5-4-6-8-16,17-9-10-22(34)21(28)13-17)18-11-19(27)14-20(12-18)36-26(31,32)23(29)30/h4-14,23,33-34H,15H2,1-3H3/t25-,37-/m1/s1. The Morgan fingerprint density at radius 2 is 1.59 bits per heavy atom. The Morgan fingerprint density at radius 1 is 0.946 bits per heavy atom. The molecular weight excluding hydrogens is 520 g/mol. The number of halogens is 6. The van der Waals surface area contributed by atoms with E-state index < -0.39 is 56.9 Å². The lowest BCUT2D eigenvalue weighted by Crippen LogP contribution is -2.50. The maximum atomic E-state index is 14.8. The van der Waals surface area contributed by atoms with E-state index in [0.29, 0.717) is 11.6 Å². The van der Waals surface area contributed by atoms with Crippen LogP contribution in [0, 0.1) is 11.6 Å². The van der Waals surface area contributed by atoms with Crippen LogP contribution >= 0.6 is 0 Å². The van der Waals surface area contributed by atoms with Crippen LogP contribution in [0.1, 0.15) is 37.5 Å². The first-order chi connectivity index (χ1) is 17.1. The SMILES string of the molecule is CC(C)(C)[S@@](=O)N[C@@](Cc1ccccc1)(c1cc(F)cc(OC(F)(F)C(F)F)c1)c1ccc(O)c(F)c1. The molecule has 0 saturated carbocycles. The highest BCUT2D eigenvalue weighted by Gasteiger charge is 2.45. The molecule has 4 nitrogen and oxygen atoms in total. The van der Waals surface area contributed by atoms with Gasteiger partial charge in [-0.2, -0.15) is 17.6 Å². The van der Waals surface area contributed by atoms with E-state index in [4.69, 9.17) is 0 Å². The third-order valence-corrected chi connectivity index (χ3v) is 7.09. The third kappa shape index (κ3) is 6.64. The Bertz CT molecular complexity index is 1270. The van der Waals surface area contributed by atoms with Crippen LogP contribution in [0.25, 0.3) is 0 Å². The number of benzene rings is 3. The maximum Gasteiger partial charge on any atom is 0.461 e. The fraction of sp³-hybridized carbons (Fsp3) is 0.308. The molecule has 0 unspecified atom stereocenters. The van der Waals surface area contributed by atoms with Crippen molar-refractivity contribution in [2.24, 2.45) is 0 Å². The molecule has 3 rings (SSSR count). The van der Waals surface area contributed by atoms with Crippen LogP contribution < -0.4 is 9.46 Å². The van der Waals surface area contributed by atoms with Crippen molar-refractivity contribution < 1.29 is 40.4 Å². The number of alkyl halides is 4. The highest BCUT2D eigenvalue weighted by molar-refractivity contribution is 7.84. The van der Waals surface area contributed by atoms with Crippen molar-refractivity contribution >= 4 is 11.0 Å². The molecule has 0 amide bonds. The van der Waals surface area contributed by atoms with E-state index in [-0.39, 0.29) is 17.5 Å². The Hall–Kier alpha value is -3.05. The summed E-state index contributed by atoms with van der Waals surface area (Å²) in [5, 5.41) is 9.76. The van der Waals surface area contributed by atoms with Crippen LogP contribution in [0.2, 0.25) is 0 Å². The molecule has 11 heteroatoms. The molecule has 37 heavy (non-hydrogen) atoms. The molecule has 0 aliphatic heterocycles. The Kier molecular flexibility index (Phi) is 8.28. The lowest BCUT2D eigenvalue weighted by atomic mass is 9.78. The summed E-state index contributed by atoms with van der Waals surface area (Å²) in [4.78, 5) is 0. The minimum atomic E-state index is -4.92. The van der Waals surface area contributed by atoms with E-state index in [1.54, 1.807) is 51.1 Å². The summed E-state index contributed by atoms with van der Waals surface area (Å²) in [6.45, 7) is 4.93. The number of rotatable bonds is 9. The number of hydrogen-bond acceptors (Lipinski definition) is 3. The molecular formula is C26H25F6NO3S. The first-order valence-electron chi connectivity index (χ1n) is 11.0. The molecule has 200 valence electrons. The maximum absolute atomic E-state index is 14.8. The van der Waals surface area contributed by atoms with Crippen molar-refractivity contribution in [2.75, 3.05) is 0 Å². The molecule has 0 radical (unpaired) electrons. The molecule has 0 aromatic heterocycles. The minimum Gasteiger partial charge on any atom is -0.505 e. The largest absolute Gasteiger partial charge is 0.505 e. The topological polar surface area (TPSA) is 58.6 Å². The van der Waals surface area contributed by atoms with E-state index >= 15 is 0 Å². The highest BCUT2D eigenvalue weighted by atomic mass is 32.2. The molecule has 0 saturated heterocycles. The quantitative estimate of drug-likeness (QED) is 0.304. The predicted molar refractivity (Wildman–Crippen MR) is 128 cm³/mol. The zero-order valence-corrected chi connectivity index (χ0v) is 20.9. The van der Waals surface area contributed by atoms with Crippen LogP contribution in [-0.2, 0) is 22.9 Å². The van der Waals surface area contributed by atoms with Crippen LogP contribution in [-0.4, -0.2) is 26.6 Å². The zero-order chi connectivity index (χ0) is 27.6. The Labute approximate surface area is 212 Å². The van der Waals surface area contributed by atoms with Gasteiger partial charge in [-0.05, 0) is 68.1 Å². The molecule has 0 fully saturated rings. The summed E-state index contributed by atoms with van der Waals surface area (Å²) >= 11 is 0. The molecule has 2 N–H and O–H groups in total. The Morgan fingerprint density at radius 3 is 2.16 bits per heavy atom. The van der Waals surface area contributed by atoms with Gasteiger partial charge in [0.1, 0.15) is 11.6 Å². The van der Waals surface area contributed by atoms with Gasteiger partial charge in [0.25, 0.3) is 0 Å². The molecule has 3 aromatic carbocycles. The minimum absolute atomic E-state index is 0.0569. The number of phenolic OH excluding ortho intramolecular Hbond substituents is 1. The van der Waals surface area contributed by atoms with Crippen molar-refractivity contribution in [1.29, 1.82) is 0 Å². The molecule has 0 aliphatic carbocycles. The summed E-state index contributed by atoms with van der Waals surface area (Å²) < 4.78 is 102. The highest BCUT2D eigenvalue weighted by Crippen LogP contribution is 2.39. The molecule has 2 atom stereocenters. The van der Waals surface area contributed by atoms with Crippen LogP contribution in [0.3, 0.4) is 0 Å². The lowest BCUT2D eigenvalue weighted by Gasteiger charge is -2.38. The van der Waals surface area contributed by atoms with E-state index in [1.165, 1.54) is 6.07 Å². The molecule has 0 bridgehead atoms. The lowest BCUT2D eigenvalue weighted by molar-refractivity contribution is -0.253. The second kappa shape index (κ2) is 10.7. The van der Waals surface area contributed by atoms with Gasteiger partial charge in [0.2, 0.25) is 0 Å². The summed E-state index contributed by atoms with van der Waals surface area (Å²) in [5.41, 5.74) is -1.26. The number of nitrogens with one attached hydrogen (secondary N) is 1.